The number of hydrogen-bond acceptors (Lipinski definition) is 0. The monoisotopic (exact) mass is 270 g/mol. The van der Waals surface area contributed by atoms with Crippen LogP contribution in [0.5, 0.6) is 0 Å². The molecule has 4 aliphatic rings. The van der Waals surface area contributed by atoms with E-state index in [-0.39, 0.29) is 0 Å². The Bertz CT molecular complexity index is 429. The van der Waals surface area contributed by atoms with Crippen LogP contribution in [0.15, 0.2) is 23.8 Å². The van der Waals surface area contributed by atoms with Crippen LogP contribution in [0.25, 0.3) is 0 Å². The molecule has 110 valence electrons. The number of allylic oxidation sites excluding steroid dienone is 3. The summed E-state index contributed by atoms with van der Waals surface area (Å²) in [6.45, 7) is 4.07. The van der Waals surface area contributed by atoms with Crippen molar-refractivity contribution in [2.24, 2.45) is 23.2 Å². The van der Waals surface area contributed by atoms with Crippen LogP contribution in [-0.4, -0.2) is 0 Å². The van der Waals surface area contributed by atoms with Gasteiger partial charge in [-0.3, -0.25) is 0 Å². The number of rotatable bonds is 2. The van der Waals surface area contributed by atoms with Gasteiger partial charge in [0.2, 0.25) is 0 Å². The predicted molar refractivity (Wildman–Crippen MR) is 85.5 cm³/mol. The fraction of sp³-hybridized carbons (Fsp3) is 0.800. The zero-order chi connectivity index (χ0) is 13.6. The van der Waals surface area contributed by atoms with Gasteiger partial charge in [-0.05, 0) is 93.8 Å². The molecular formula is C20H30. The van der Waals surface area contributed by atoms with Gasteiger partial charge in [0.15, 0.2) is 0 Å². The molecule has 0 unspecified atom stereocenters. The Labute approximate surface area is 124 Å². The Morgan fingerprint density at radius 3 is 2.80 bits per heavy atom. The van der Waals surface area contributed by atoms with E-state index in [0.29, 0.717) is 5.41 Å². The summed E-state index contributed by atoms with van der Waals surface area (Å²) in [6, 6.07) is 0. The van der Waals surface area contributed by atoms with Crippen LogP contribution < -0.4 is 0 Å². The summed E-state index contributed by atoms with van der Waals surface area (Å²) in [5.41, 5.74) is 4.55. The fourth-order valence-corrected chi connectivity index (χ4v) is 6.62. The van der Waals surface area contributed by atoms with Crippen molar-refractivity contribution >= 4 is 0 Å². The van der Waals surface area contributed by atoms with E-state index in [2.05, 4.69) is 12.7 Å². The summed E-state index contributed by atoms with van der Waals surface area (Å²) in [6.07, 6.45) is 19.9. The zero-order valence-electron chi connectivity index (χ0n) is 13.0. The van der Waals surface area contributed by atoms with Crippen LogP contribution in [0.2, 0.25) is 0 Å². The number of hydrogen-bond donors (Lipinski definition) is 0. The Kier molecular flexibility index (Phi) is 3.32. The third-order valence-electron chi connectivity index (χ3n) is 7.37. The molecule has 0 heterocycles. The molecule has 0 radical (unpaired) electrons. The van der Waals surface area contributed by atoms with Gasteiger partial charge < -0.3 is 0 Å². The summed E-state index contributed by atoms with van der Waals surface area (Å²) < 4.78 is 0. The summed E-state index contributed by atoms with van der Waals surface area (Å²) in [4.78, 5) is 0. The molecule has 0 amide bonds. The minimum absolute atomic E-state index is 0.676. The Morgan fingerprint density at radius 2 is 1.90 bits per heavy atom. The molecular weight excluding hydrogens is 240 g/mol. The molecule has 0 nitrogen and oxygen atoms in total. The third kappa shape index (κ3) is 1.86. The first-order valence-corrected chi connectivity index (χ1v) is 9.16. The molecule has 0 N–H and O–H groups in total. The maximum Gasteiger partial charge on any atom is -0.0169 e. The first kappa shape index (κ1) is 13.2. The first-order chi connectivity index (χ1) is 9.84. The van der Waals surface area contributed by atoms with Gasteiger partial charge in [0.25, 0.3) is 0 Å². The van der Waals surface area contributed by atoms with Crippen molar-refractivity contribution in [2.45, 2.75) is 77.0 Å². The fourth-order valence-electron chi connectivity index (χ4n) is 6.62. The van der Waals surface area contributed by atoms with Gasteiger partial charge >= 0.3 is 0 Å². The molecule has 0 aromatic rings. The standard InChI is InChI=1S/C20H30/c1-2-12-20-13-5-8-19(20)18-10-9-15-6-3-4-7-16(15)17(18)11-14-20/h2,17-19H,1,3-14H2/t17-,18-,19+,20+/m1/s1. The molecule has 4 aliphatic carbocycles. The molecule has 20 heavy (non-hydrogen) atoms. The normalized spacial score (nSPS) is 43.7. The molecule has 4 atom stereocenters. The van der Waals surface area contributed by atoms with Crippen LogP contribution in [-0.2, 0) is 0 Å². The molecule has 0 heteroatoms. The van der Waals surface area contributed by atoms with E-state index in [1.54, 1.807) is 0 Å². The Hall–Kier alpha value is -0.520. The zero-order valence-corrected chi connectivity index (χ0v) is 13.0. The van der Waals surface area contributed by atoms with Gasteiger partial charge in [0.1, 0.15) is 0 Å². The largest absolute Gasteiger partial charge is 0.103 e. The topological polar surface area (TPSA) is 0 Å². The highest BCUT2D eigenvalue weighted by atomic mass is 14.6. The van der Waals surface area contributed by atoms with Gasteiger partial charge in [-0.2, -0.15) is 0 Å². The van der Waals surface area contributed by atoms with Crippen LogP contribution in [0, 0.1) is 23.2 Å². The Balaban J connectivity index is 1.64. The van der Waals surface area contributed by atoms with Gasteiger partial charge in [0.05, 0.1) is 0 Å². The summed E-state index contributed by atoms with van der Waals surface area (Å²) in [5.74, 6) is 3.08. The molecule has 0 bridgehead atoms. The van der Waals surface area contributed by atoms with Crippen LogP contribution in [0.1, 0.15) is 77.0 Å². The molecule has 0 aromatic carbocycles. The van der Waals surface area contributed by atoms with Crippen LogP contribution >= 0.6 is 0 Å². The van der Waals surface area contributed by atoms with Crippen LogP contribution in [0.4, 0.5) is 0 Å². The highest BCUT2D eigenvalue weighted by Crippen LogP contribution is 2.62. The van der Waals surface area contributed by atoms with Gasteiger partial charge in [-0.15, -0.1) is 6.58 Å². The average Bonchev–Trinajstić information content (AvgIpc) is 2.91. The molecule has 2 saturated carbocycles. The lowest BCUT2D eigenvalue weighted by Crippen LogP contribution is -2.42. The average molecular weight is 270 g/mol. The predicted octanol–water partition coefficient (Wildman–Crippen LogP) is 6.04. The van der Waals surface area contributed by atoms with E-state index in [4.69, 9.17) is 0 Å². The van der Waals surface area contributed by atoms with Gasteiger partial charge in [0, 0.05) is 0 Å². The van der Waals surface area contributed by atoms with E-state index in [1.165, 1.54) is 77.0 Å². The van der Waals surface area contributed by atoms with Gasteiger partial charge in [-0.25, -0.2) is 0 Å². The van der Waals surface area contributed by atoms with E-state index in [1.807, 2.05) is 11.1 Å². The Morgan fingerprint density at radius 1 is 1.00 bits per heavy atom. The smallest absolute Gasteiger partial charge is 0.0169 e. The highest BCUT2D eigenvalue weighted by molar-refractivity contribution is 5.26. The van der Waals surface area contributed by atoms with Crippen molar-refractivity contribution < 1.29 is 0 Å². The van der Waals surface area contributed by atoms with E-state index >= 15 is 0 Å². The quantitative estimate of drug-likeness (QED) is 0.537. The summed E-state index contributed by atoms with van der Waals surface area (Å²) in [7, 11) is 0. The first-order valence-electron chi connectivity index (χ1n) is 9.16. The van der Waals surface area contributed by atoms with Crippen molar-refractivity contribution in [3.05, 3.63) is 23.8 Å². The van der Waals surface area contributed by atoms with Crippen molar-refractivity contribution in [3.8, 4) is 0 Å². The minimum atomic E-state index is 0.676. The maximum atomic E-state index is 4.07. The van der Waals surface area contributed by atoms with Crippen molar-refractivity contribution in [2.75, 3.05) is 0 Å². The molecule has 4 rings (SSSR count). The minimum Gasteiger partial charge on any atom is -0.103 e. The second-order valence-corrected chi connectivity index (χ2v) is 8.04. The van der Waals surface area contributed by atoms with Crippen molar-refractivity contribution in [3.63, 3.8) is 0 Å². The molecule has 0 aromatic heterocycles. The lowest BCUT2D eigenvalue weighted by atomic mass is 9.53. The third-order valence-corrected chi connectivity index (χ3v) is 7.37. The highest BCUT2D eigenvalue weighted by Gasteiger charge is 2.52. The van der Waals surface area contributed by atoms with Gasteiger partial charge in [-0.1, -0.05) is 23.6 Å². The SMILES string of the molecule is C=CC[C@@]12CCC[C@H]1[C@@H]1CCC3=C(CCCC3)[C@H]1CC2. The lowest BCUT2D eigenvalue weighted by Gasteiger charge is -2.52. The summed E-state index contributed by atoms with van der Waals surface area (Å²) >= 11 is 0. The van der Waals surface area contributed by atoms with E-state index in [0.717, 1.165) is 17.8 Å². The molecule has 0 spiro atoms. The number of fused-ring (bicyclic) bond motifs is 4. The van der Waals surface area contributed by atoms with Crippen molar-refractivity contribution in [1.82, 2.24) is 0 Å². The van der Waals surface area contributed by atoms with Crippen molar-refractivity contribution in [1.29, 1.82) is 0 Å². The molecule has 0 saturated heterocycles. The molecule has 2 fully saturated rings. The second-order valence-electron chi connectivity index (χ2n) is 8.04. The summed E-state index contributed by atoms with van der Waals surface area (Å²) in [5, 5.41) is 0. The second kappa shape index (κ2) is 5.04. The maximum absolute atomic E-state index is 4.07. The van der Waals surface area contributed by atoms with E-state index in [9.17, 15) is 0 Å². The van der Waals surface area contributed by atoms with E-state index < -0.39 is 0 Å². The van der Waals surface area contributed by atoms with Crippen LogP contribution in [0.3, 0.4) is 0 Å². The molecule has 0 aliphatic heterocycles. The lowest BCUT2D eigenvalue weighted by molar-refractivity contribution is 0.0292.